The van der Waals surface area contributed by atoms with Crippen molar-refractivity contribution >= 4 is 22.6 Å². The Kier molecular flexibility index (Phi) is 4.21. The van der Waals surface area contributed by atoms with Gasteiger partial charge in [-0.2, -0.15) is 0 Å². The molecule has 1 aliphatic heterocycles. The van der Waals surface area contributed by atoms with E-state index >= 15 is 0 Å². The molecule has 0 spiro atoms. The molecule has 146 valence electrons. The number of hydrogen-bond donors (Lipinski definition) is 2. The van der Waals surface area contributed by atoms with Crippen LogP contribution < -0.4 is 10.1 Å². The topological polar surface area (TPSA) is 67.0 Å². The standard InChI is InChI=1S/C23H27N3O2/c1-22(2,3)14-6-7-19-18(10-14)26-21(27)20(28-19)12-23(4,5)15-11-17-16(25-13-15)8-9-24-17/h6-11,13,20,24H,12H2,1-5H3,(H,26,27). The summed E-state index contributed by atoms with van der Waals surface area (Å²) in [4.78, 5) is 20.5. The second kappa shape index (κ2) is 6.36. The number of aromatic nitrogens is 2. The van der Waals surface area contributed by atoms with E-state index in [4.69, 9.17) is 4.74 Å². The summed E-state index contributed by atoms with van der Waals surface area (Å²) in [6, 6.07) is 10.1. The van der Waals surface area contributed by atoms with Crippen LogP contribution in [0.1, 0.15) is 52.2 Å². The van der Waals surface area contributed by atoms with E-state index in [2.05, 4.69) is 62.0 Å². The highest BCUT2D eigenvalue weighted by atomic mass is 16.5. The molecule has 0 saturated heterocycles. The molecule has 0 aliphatic carbocycles. The molecular weight excluding hydrogens is 350 g/mol. The highest BCUT2D eigenvalue weighted by Crippen LogP contribution is 2.37. The van der Waals surface area contributed by atoms with Gasteiger partial charge in [0.05, 0.1) is 16.7 Å². The third-order valence-corrected chi connectivity index (χ3v) is 5.54. The van der Waals surface area contributed by atoms with Gasteiger partial charge in [0.25, 0.3) is 5.91 Å². The number of amides is 1. The molecule has 4 rings (SSSR count). The number of hydrogen-bond acceptors (Lipinski definition) is 3. The lowest BCUT2D eigenvalue weighted by Crippen LogP contribution is -2.41. The Bertz CT molecular complexity index is 1040. The summed E-state index contributed by atoms with van der Waals surface area (Å²) in [5.74, 6) is 0.631. The van der Waals surface area contributed by atoms with E-state index < -0.39 is 6.10 Å². The summed E-state index contributed by atoms with van der Waals surface area (Å²) in [7, 11) is 0. The van der Waals surface area contributed by atoms with Crippen LogP contribution >= 0.6 is 0 Å². The van der Waals surface area contributed by atoms with Gasteiger partial charge in [-0.25, -0.2) is 0 Å². The van der Waals surface area contributed by atoms with E-state index in [0.717, 1.165) is 28.0 Å². The minimum absolute atomic E-state index is 0.0159. The Balaban J connectivity index is 1.57. The second-order valence-corrected chi connectivity index (χ2v) is 9.28. The summed E-state index contributed by atoms with van der Waals surface area (Å²) >= 11 is 0. The molecule has 28 heavy (non-hydrogen) atoms. The first-order chi connectivity index (χ1) is 13.1. The van der Waals surface area contributed by atoms with Crippen LogP contribution in [0, 0.1) is 0 Å². The number of anilines is 1. The molecule has 5 nitrogen and oxygen atoms in total. The van der Waals surface area contributed by atoms with Crippen LogP contribution in [-0.2, 0) is 15.6 Å². The molecule has 0 saturated carbocycles. The maximum absolute atomic E-state index is 12.7. The number of ether oxygens (including phenoxy) is 1. The third-order valence-electron chi connectivity index (χ3n) is 5.54. The van der Waals surface area contributed by atoms with Gasteiger partial charge in [-0.3, -0.25) is 9.78 Å². The largest absolute Gasteiger partial charge is 0.478 e. The second-order valence-electron chi connectivity index (χ2n) is 9.28. The lowest BCUT2D eigenvalue weighted by Gasteiger charge is -2.33. The average molecular weight is 377 g/mol. The number of fused-ring (bicyclic) bond motifs is 2. The van der Waals surface area contributed by atoms with Crippen molar-refractivity contribution in [2.45, 2.75) is 58.0 Å². The third kappa shape index (κ3) is 3.37. The molecule has 5 heteroatoms. The van der Waals surface area contributed by atoms with Crippen LogP contribution in [0.5, 0.6) is 5.75 Å². The number of rotatable bonds is 3. The van der Waals surface area contributed by atoms with Crippen molar-refractivity contribution in [3.05, 3.63) is 53.9 Å². The van der Waals surface area contributed by atoms with Gasteiger partial charge in [-0.15, -0.1) is 0 Å². The maximum atomic E-state index is 12.7. The smallest absolute Gasteiger partial charge is 0.265 e. The normalized spacial score (nSPS) is 17.2. The van der Waals surface area contributed by atoms with Gasteiger partial charge >= 0.3 is 0 Å². The van der Waals surface area contributed by atoms with Crippen molar-refractivity contribution in [1.82, 2.24) is 9.97 Å². The number of carbonyl (C=O) groups excluding carboxylic acids is 1. The molecule has 1 aromatic carbocycles. The van der Waals surface area contributed by atoms with Crippen LogP contribution in [0.2, 0.25) is 0 Å². The van der Waals surface area contributed by atoms with Crippen molar-refractivity contribution in [3.8, 4) is 5.75 Å². The van der Waals surface area contributed by atoms with Crippen molar-refractivity contribution in [1.29, 1.82) is 0 Å². The highest BCUT2D eigenvalue weighted by Gasteiger charge is 2.35. The fraction of sp³-hybridized carbons (Fsp3) is 0.391. The Morgan fingerprint density at radius 1 is 1.07 bits per heavy atom. The van der Waals surface area contributed by atoms with Crippen molar-refractivity contribution in [2.24, 2.45) is 0 Å². The van der Waals surface area contributed by atoms with Crippen molar-refractivity contribution in [2.75, 3.05) is 5.32 Å². The van der Waals surface area contributed by atoms with Crippen LogP contribution in [0.15, 0.2) is 42.7 Å². The predicted molar refractivity (Wildman–Crippen MR) is 112 cm³/mol. The number of benzene rings is 1. The molecule has 0 bridgehead atoms. The summed E-state index contributed by atoms with van der Waals surface area (Å²) in [5.41, 5.74) is 4.68. The average Bonchev–Trinajstić information content (AvgIpc) is 3.08. The van der Waals surface area contributed by atoms with Gasteiger partial charge < -0.3 is 15.0 Å². The summed E-state index contributed by atoms with van der Waals surface area (Å²) < 4.78 is 6.10. The molecule has 1 atom stereocenters. The van der Waals surface area contributed by atoms with E-state index in [1.54, 1.807) is 0 Å². The van der Waals surface area contributed by atoms with E-state index in [0.29, 0.717) is 6.42 Å². The first-order valence-corrected chi connectivity index (χ1v) is 9.69. The Labute approximate surface area is 165 Å². The summed E-state index contributed by atoms with van der Waals surface area (Å²) in [6.45, 7) is 10.7. The molecule has 0 radical (unpaired) electrons. The van der Waals surface area contributed by atoms with Gasteiger partial charge in [0.2, 0.25) is 0 Å². The molecule has 2 aromatic heterocycles. The van der Waals surface area contributed by atoms with E-state index in [-0.39, 0.29) is 16.7 Å². The lowest BCUT2D eigenvalue weighted by molar-refractivity contribution is -0.124. The van der Waals surface area contributed by atoms with Crippen LogP contribution in [0.25, 0.3) is 11.0 Å². The number of nitrogens with one attached hydrogen (secondary N) is 2. The van der Waals surface area contributed by atoms with Gasteiger partial charge in [-0.1, -0.05) is 40.7 Å². The fourth-order valence-electron chi connectivity index (χ4n) is 3.64. The van der Waals surface area contributed by atoms with Crippen LogP contribution in [0.3, 0.4) is 0 Å². The molecule has 1 unspecified atom stereocenters. The first-order valence-electron chi connectivity index (χ1n) is 9.69. The number of H-pyrrole nitrogens is 1. The fourth-order valence-corrected chi connectivity index (χ4v) is 3.64. The monoisotopic (exact) mass is 377 g/mol. The molecular formula is C23H27N3O2. The number of nitrogens with zero attached hydrogens (tertiary/aromatic N) is 1. The van der Waals surface area contributed by atoms with Crippen LogP contribution in [0.4, 0.5) is 5.69 Å². The van der Waals surface area contributed by atoms with Crippen LogP contribution in [-0.4, -0.2) is 22.0 Å². The minimum Gasteiger partial charge on any atom is -0.478 e. The molecule has 1 aliphatic rings. The van der Waals surface area contributed by atoms with Crippen molar-refractivity contribution < 1.29 is 9.53 Å². The zero-order chi connectivity index (χ0) is 20.1. The molecule has 3 aromatic rings. The summed E-state index contributed by atoms with van der Waals surface area (Å²) in [6.07, 6.45) is 3.80. The zero-order valence-electron chi connectivity index (χ0n) is 17.1. The van der Waals surface area contributed by atoms with E-state index in [1.165, 1.54) is 5.56 Å². The van der Waals surface area contributed by atoms with E-state index in [9.17, 15) is 4.79 Å². The molecule has 1 amide bonds. The Morgan fingerprint density at radius 2 is 1.86 bits per heavy atom. The van der Waals surface area contributed by atoms with Gasteiger partial charge in [-0.05, 0) is 46.2 Å². The summed E-state index contributed by atoms with van der Waals surface area (Å²) in [5, 5.41) is 3.04. The maximum Gasteiger partial charge on any atom is 0.265 e. The zero-order valence-corrected chi connectivity index (χ0v) is 17.1. The quantitative estimate of drug-likeness (QED) is 0.680. The lowest BCUT2D eigenvalue weighted by atomic mass is 9.80. The number of carbonyl (C=O) groups is 1. The number of pyridine rings is 1. The van der Waals surface area contributed by atoms with Crippen molar-refractivity contribution in [3.63, 3.8) is 0 Å². The Morgan fingerprint density at radius 3 is 2.61 bits per heavy atom. The highest BCUT2D eigenvalue weighted by molar-refractivity contribution is 5.98. The molecule has 2 N–H and O–H groups in total. The first kappa shape index (κ1) is 18.5. The molecule has 0 fully saturated rings. The predicted octanol–water partition coefficient (Wildman–Crippen LogP) is 4.93. The minimum atomic E-state index is -0.540. The SMILES string of the molecule is CC(C)(C)c1ccc2c(c1)NC(=O)C(CC(C)(C)c1cnc3cc[nH]c3c1)O2. The van der Waals surface area contributed by atoms with Gasteiger partial charge in [0.15, 0.2) is 6.10 Å². The van der Waals surface area contributed by atoms with E-state index in [1.807, 2.05) is 30.6 Å². The van der Waals surface area contributed by atoms with Gasteiger partial charge in [0, 0.05) is 18.8 Å². The van der Waals surface area contributed by atoms with Gasteiger partial charge in [0.1, 0.15) is 5.75 Å². The molecule has 3 heterocycles. The Hall–Kier alpha value is -2.82. The number of aromatic amines is 1.